The van der Waals surface area contributed by atoms with Gasteiger partial charge >= 0.3 is 8.69 Å². The van der Waals surface area contributed by atoms with Crippen LogP contribution in [0, 0.1) is 0 Å². The van der Waals surface area contributed by atoms with Crippen molar-refractivity contribution in [1.29, 1.82) is 0 Å². The van der Waals surface area contributed by atoms with Crippen LogP contribution in [0.3, 0.4) is 0 Å². The van der Waals surface area contributed by atoms with Gasteiger partial charge in [0.15, 0.2) is 0 Å². The van der Waals surface area contributed by atoms with Gasteiger partial charge in [0.2, 0.25) is 0 Å². The van der Waals surface area contributed by atoms with Crippen LogP contribution in [0.2, 0.25) is 0 Å². The largest absolute Gasteiger partial charge is 0.358 e. The second-order valence-electron chi connectivity index (χ2n) is 0.971. The zero-order valence-electron chi connectivity index (χ0n) is 4.09. The molecule has 42 valence electrons. The standard InChI is InChI=1S/C3H7O3P/c1-2-3-5-6-7-4/h2-3H2,1H3. The minimum atomic E-state index is -0.418. The highest BCUT2D eigenvalue weighted by Crippen LogP contribution is 1.94. The van der Waals surface area contributed by atoms with Crippen LogP contribution in [0.1, 0.15) is 13.3 Å². The quantitative estimate of drug-likeness (QED) is 0.245. The van der Waals surface area contributed by atoms with E-state index < -0.39 is 8.69 Å². The predicted octanol–water partition coefficient (Wildman–Crippen LogP) is 1.55. The number of hydrogen-bond acceptors (Lipinski definition) is 3. The highest BCUT2D eigenvalue weighted by Gasteiger charge is 1.79. The van der Waals surface area contributed by atoms with Crippen molar-refractivity contribution in [2.24, 2.45) is 0 Å². The first-order chi connectivity index (χ1) is 3.41. The smallest absolute Gasteiger partial charge is 0.238 e. The van der Waals surface area contributed by atoms with Crippen LogP contribution >= 0.6 is 8.69 Å². The lowest BCUT2D eigenvalue weighted by atomic mass is 10.5. The molecule has 0 saturated heterocycles. The lowest BCUT2D eigenvalue weighted by Gasteiger charge is -1.88. The Balaban J connectivity index is 2.56. The first-order valence-electron chi connectivity index (χ1n) is 2.03. The van der Waals surface area contributed by atoms with E-state index in [4.69, 9.17) is 0 Å². The van der Waals surface area contributed by atoms with Gasteiger partial charge in [0.25, 0.3) is 0 Å². The third kappa shape index (κ3) is 6.02. The molecule has 0 N–H and O–H groups in total. The molecular weight excluding hydrogens is 115 g/mol. The second-order valence-corrected chi connectivity index (χ2v) is 1.27. The molecule has 0 rings (SSSR count). The zero-order valence-corrected chi connectivity index (χ0v) is 4.98. The Bertz CT molecular complexity index is 47.4. The van der Waals surface area contributed by atoms with E-state index in [0.717, 1.165) is 6.42 Å². The molecule has 0 unspecified atom stereocenters. The molecule has 0 spiro atoms. The summed E-state index contributed by atoms with van der Waals surface area (Å²) >= 11 is 0. The highest BCUT2D eigenvalue weighted by molar-refractivity contribution is 7.17. The first kappa shape index (κ1) is 7.02. The van der Waals surface area contributed by atoms with Gasteiger partial charge in [0.05, 0.1) is 6.61 Å². The molecule has 0 atom stereocenters. The maximum absolute atomic E-state index is 9.43. The van der Waals surface area contributed by atoms with Gasteiger partial charge in [-0.05, 0) is 6.42 Å². The molecule has 0 radical (unpaired) electrons. The molecule has 0 saturated carbocycles. The number of rotatable bonds is 4. The SMILES string of the molecule is CCCOOP=O. The maximum Gasteiger partial charge on any atom is 0.358 e. The monoisotopic (exact) mass is 122 g/mol. The molecule has 0 aliphatic carbocycles. The molecule has 0 amide bonds. The molecule has 4 heteroatoms. The summed E-state index contributed by atoms with van der Waals surface area (Å²) in [5.41, 5.74) is 0. The summed E-state index contributed by atoms with van der Waals surface area (Å²) in [7, 11) is -0.418. The average molecular weight is 122 g/mol. The van der Waals surface area contributed by atoms with Gasteiger partial charge in [-0.2, -0.15) is 0 Å². The van der Waals surface area contributed by atoms with Crippen LogP contribution in [0.25, 0.3) is 0 Å². The molecule has 0 aromatic carbocycles. The van der Waals surface area contributed by atoms with Crippen LogP contribution in [0.5, 0.6) is 0 Å². The number of hydrogen-bond donors (Lipinski definition) is 0. The fourth-order valence-corrected chi connectivity index (χ4v) is 0.260. The lowest BCUT2D eigenvalue weighted by molar-refractivity contribution is -0.197. The fourth-order valence-electron chi connectivity index (χ4n) is 0.142. The van der Waals surface area contributed by atoms with Crippen molar-refractivity contribution in [1.82, 2.24) is 0 Å². The van der Waals surface area contributed by atoms with Crippen molar-refractivity contribution in [3.05, 3.63) is 0 Å². The van der Waals surface area contributed by atoms with Crippen molar-refractivity contribution in [3.63, 3.8) is 0 Å². The third-order valence-electron chi connectivity index (χ3n) is 0.371. The third-order valence-corrected chi connectivity index (χ3v) is 0.537. The molecular formula is C3H7O3P. The Morgan fingerprint density at radius 1 is 1.71 bits per heavy atom. The minimum Gasteiger partial charge on any atom is -0.238 e. The summed E-state index contributed by atoms with van der Waals surface area (Å²) in [4.78, 5) is 4.31. The van der Waals surface area contributed by atoms with Crippen LogP contribution in [0.15, 0.2) is 0 Å². The van der Waals surface area contributed by atoms with E-state index in [1.54, 1.807) is 0 Å². The summed E-state index contributed by atoms with van der Waals surface area (Å²) in [5, 5.41) is 0. The molecule has 0 fully saturated rings. The Morgan fingerprint density at radius 2 is 2.43 bits per heavy atom. The molecule has 0 aromatic rings. The molecule has 0 aromatic heterocycles. The Kier molecular flexibility index (Phi) is 6.04. The van der Waals surface area contributed by atoms with E-state index in [9.17, 15) is 4.57 Å². The van der Waals surface area contributed by atoms with E-state index in [0.29, 0.717) is 6.61 Å². The van der Waals surface area contributed by atoms with Crippen LogP contribution in [0.4, 0.5) is 0 Å². The average Bonchev–Trinajstić information content (AvgIpc) is 1.69. The lowest BCUT2D eigenvalue weighted by Crippen LogP contribution is -1.84. The van der Waals surface area contributed by atoms with Crippen molar-refractivity contribution >= 4 is 8.69 Å². The van der Waals surface area contributed by atoms with Gasteiger partial charge in [-0.3, -0.25) is 0 Å². The minimum absolute atomic E-state index is 0.418. The van der Waals surface area contributed by atoms with Crippen LogP contribution in [-0.4, -0.2) is 6.61 Å². The normalized spacial score (nSPS) is 9.86. The van der Waals surface area contributed by atoms with E-state index in [1.165, 1.54) is 0 Å². The van der Waals surface area contributed by atoms with Gasteiger partial charge < -0.3 is 0 Å². The van der Waals surface area contributed by atoms with Gasteiger partial charge in [-0.15, -0.1) is 4.67 Å². The maximum atomic E-state index is 9.43. The Labute approximate surface area is 43.8 Å². The van der Waals surface area contributed by atoms with Gasteiger partial charge in [0, 0.05) is 0 Å². The van der Waals surface area contributed by atoms with Crippen molar-refractivity contribution in [3.8, 4) is 0 Å². The zero-order chi connectivity index (χ0) is 5.54. The summed E-state index contributed by atoms with van der Waals surface area (Å²) in [6.45, 7) is 2.43. The highest BCUT2D eigenvalue weighted by atomic mass is 31.1. The van der Waals surface area contributed by atoms with Crippen molar-refractivity contribution in [2.75, 3.05) is 6.61 Å². The summed E-state index contributed by atoms with van der Waals surface area (Å²) in [6, 6.07) is 0. The molecule has 0 bridgehead atoms. The summed E-state index contributed by atoms with van der Waals surface area (Å²) in [5.74, 6) is 0. The molecule has 0 aliphatic heterocycles. The fraction of sp³-hybridized carbons (Fsp3) is 1.00. The van der Waals surface area contributed by atoms with E-state index >= 15 is 0 Å². The summed E-state index contributed by atoms with van der Waals surface area (Å²) < 4.78 is 13.4. The van der Waals surface area contributed by atoms with E-state index in [-0.39, 0.29) is 0 Å². The van der Waals surface area contributed by atoms with E-state index in [2.05, 4.69) is 9.56 Å². The van der Waals surface area contributed by atoms with Crippen LogP contribution in [-0.2, 0) is 14.1 Å². The Morgan fingerprint density at radius 3 is 2.86 bits per heavy atom. The molecule has 0 aliphatic rings. The Hall–Kier alpha value is 0.0200. The van der Waals surface area contributed by atoms with Crippen LogP contribution < -0.4 is 0 Å². The second kappa shape index (κ2) is 6.02. The summed E-state index contributed by atoms with van der Waals surface area (Å²) in [6.07, 6.45) is 0.871. The van der Waals surface area contributed by atoms with E-state index in [1.807, 2.05) is 6.92 Å². The first-order valence-corrected chi connectivity index (χ1v) is 2.76. The van der Waals surface area contributed by atoms with Crippen molar-refractivity contribution in [2.45, 2.75) is 13.3 Å². The molecule has 3 nitrogen and oxygen atoms in total. The van der Waals surface area contributed by atoms with Gasteiger partial charge in [-0.25, -0.2) is 9.45 Å². The van der Waals surface area contributed by atoms with Crippen molar-refractivity contribution < 1.29 is 14.1 Å². The van der Waals surface area contributed by atoms with Gasteiger partial charge in [-0.1, -0.05) is 6.92 Å². The topological polar surface area (TPSA) is 35.5 Å². The predicted molar refractivity (Wildman–Crippen MR) is 24.9 cm³/mol. The molecule has 0 heterocycles. The molecule has 7 heavy (non-hydrogen) atoms. The van der Waals surface area contributed by atoms with Gasteiger partial charge in [0.1, 0.15) is 0 Å².